The van der Waals surface area contributed by atoms with Crippen LogP contribution in [0.25, 0.3) is 0 Å². The second-order valence-electron chi connectivity index (χ2n) is 6.70. The fourth-order valence-electron chi connectivity index (χ4n) is 2.48. The van der Waals surface area contributed by atoms with Gasteiger partial charge < -0.3 is 10.1 Å². The number of hydrogen-bond acceptors (Lipinski definition) is 5. The van der Waals surface area contributed by atoms with Gasteiger partial charge in [-0.3, -0.25) is 4.79 Å². The van der Waals surface area contributed by atoms with Gasteiger partial charge in [-0.25, -0.2) is 9.97 Å². The molecule has 0 saturated carbocycles. The van der Waals surface area contributed by atoms with Crippen molar-refractivity contribution >= 4 is 23.4 Å². The summed E-state index contributed by atoms with van der Waals surface area (Å²) < 4.78 is 5.82. The van der Waals surface area contributed by atoms with E-state index in [-0.39, 0.29) is 11.7 Å². The minimum absolute atomic E-state index is 0.103. The third kappa shape index (κ3) is 5.57. The Balaban J connectivity index is 1.59. The average Bonchev–Trinajstić information content (AvgIpc) is 2.69. The van der Waals surface area contributed by atoms with Crippen molar-refractivity contribution in [3.8, 4) is 11.6 Å². The van der Waals surface area contributed by atoms with Crippen LogP contribution < -0.4 is 10.1 Å². The number of thioether (sulfide) groups is 1. The summed E-state index contributed by atoms with van der Waals surface area (Å²) in [6, 6.07) is 15.6. The van der Waals surface area contributed by atoms with E-state index in [1.807, 2.05) is 55.5 Å². The Bertz CT molecular complexity index is 925. The highest BCUT2D eigenvalue weighted by atomic mass is 32.2. The van der Waals surface area contributed by atoms with Gasteiger partial charge in [0.2, 0.25) is 5.91 Å². The third-order valence-corrected chi connectivity index (χ3v) is 5.03. The van der Waals surface area contributed by atoms with E-state index in [4.69, 9.17) is 4.74 Å². The molecule has 0 aliphatic carbocycles. The molecule has 2 aromatic carbocycles. The van der Waals surface area contributed by atoms with E-state index >= 15 is 0 Å². The number of rotatable bonds is 7. The molecule has 6 heteroatoms. The van der Waals surface area contributed by atoms with Crippen molar-refractivity contribution in [2.75, 3.05) is 11.1 Å². The molecule has 3 rings (SSSR count). The molecule has 0 unspecified atom stereocenters. The highest BCUT2D eigenvalue weighted by Gasteiger charge is 2.12. The Morgan fingerprint density at radius 2 is 1.71 bits per heavy atom. The van der Waals surface area contributed by atoms with E-state index in [1.54, 1.807) is 12.4 Å². The van der Waals surface area contributed by atoms with E-state index in [0.717, 1.165) is 11.3 Å². The van der Waals surface area contributed by atoms with Gasteiger partial charge in [0.05, 0.1) is 5.75 Å². The number of benzene rings is 2. The maximum Gasteiger partial charge on any atom is 0.252 e. The molecular formula is C22H23N3O2S. The Labute approximate surface area is 169 Å². The van der Waals surface area contributed by atoms with E-state index in [9.17, 15) is 4.79 Å². The van der Waals surface area contributed by atoms with Gasteiger partial charge in [-0.1, -0.05) is 55.4 Å². The predicted molar refractivity (Wildman–Crippen MR) is 113 cm³/mol. The third-order valence-electron chi connectivity index (χ3n) is 4.07. The number of carbonyl (C=O) groups excluding carboxylic acids is 1. The van der Waals surface area contributed by atoms with Crippen LogP contribution in [0.5, 0.6) is 11.6 Å². The van der Waals surface area contributed by atoms with Gasteiger partial charge >= 0.3 is 0 Å². The summed E-state index contributed by atoms with van der Waals surface area (Å²) in [6.45, 7) is 6.30. The van der Waals surface area contributed by atoms with Gasteiger partial charge in [0.1, 0.15) is 5.75 Å². The summed E-state index contributed by atoms with van der Waals surface area (Å²) in [7, 11) is 0. The van der Waals surface area contributed by atoms with Crippen LogP contribution in [0, 0.1) is 6.92 Å². The van der Waals surface area contributed by atoms with Gasteiger partial charge in [-0.05, 0) is 42.7 Å². The lowest BCUT2D eigenvalue weighted by molar-refractivity contribution is -0.113. The van der Waals surface area contributed by atoms with Crippen molar-refractivity contribution in [3.63, 3.8) is 0 Å². The molecule has 0 fully saturated rings. The van der Waals surface area contributed by atoms with Crippen molar-refractivity contribution in [1.82, 2.24) is 9.97 Å². The summed E-state index contributed by atoms with van der Waals surface area (Å²) in [5.74, 6) is 1.65. The van der Waals surface area contributed by atoms with E-state index < -0.39 is 0 Å². The predicted octanol–water partition coefficient (Wildman–Crippen LogP) is 5.43. The molecule has 1 N–H and O–H groups in total. The number of amides is 1. The number of nitrogens with one attached hydrogen (secondary N) is 1. The molecule has 0 aliphatic heterocycles. The fourth-order valence-corrected chi connectivity index (χ4v) is 3.18. The zero-order chi connectivity index (χ0) is 19.9. The Kier molecular flexibility index (Phi) is 6.66. The number of nitrogens with zero attached hydrogens (tertiary/aromatic N) is 2. The molecule has 1 heterocycles. The lowest BCUT2D eigenvalue weighted by atomic mass is 10.0. The van der Waals surface area contributed by atoms with E-state index in [2.05, 4.69) is 29.1 Å². The first-order valence-electron chi connectivity index (χ1n) is 9.09. The normalized spacial score (nSPS) is 10.7. The highest BCUT2D eigenvalue weighted by Crippen LogP contribution is 2.29. The van der Waals surface area contributed by atoms with Crippen molar-refractivity contribution in [2.45, 2.75) is 31.7 Å². The molecule has 0 spiro atoms. The van der Waals surface area contributed by atoms with Gasteiger partial charge in [-0.2, -0.15) is 0 Å². The van der Waals surface area contributed by atoms with Crippen LogP contribution in [0.3, 0.4) is 0 Å². The molecule has 0 atom stereocenters. The topological polar surface area (TPSA) is 64.1 Å². The summed E-state index contributed by atoms with van der Waals surface area (Å²) in [6.07, 6.45) is 3.16. The largest absolute Gasteiger partial charge is 0.437 e. The summed E-state index contributed by atoms with van der Waals surface area (Å²) in [5.41, 5.74) is 3.18. The second-order valence-corrected chi connectivity index (χ2v) is 7.66. The molecule has 3 aromatic rings. The summed E-state index contributed by atoms with van der Waals surface area (Å²) in [4.78, 5) is 20.8. The van der Waals surface area contributed by atoms with Crippen LogP contribution in [-0.4, -0.2) is 21.6 Å². The quantitative estimate of drug-likeness (QED) is 0.542. The van der Waals surface area contributed by atoms with Crippen LogP contribution in [-0.2, 0) is 4.79 Å². The smallest absolute Gasteiger partial charge is 0.252 e. The highest BCUT2D eigenvalue weighted by molar-refractivity contribution is 8.00. The summed E-state index contributed by atoms with van der Waals surface area (Å²) >= 11 is 1.29. The maximum atomic E-state index is 12.3. The standard InChI is InChI=1S/C22H23N3O2S/c1-15(2)17-6-8-18(9-7-17)25-20(26)14-28-22-21(23-12-13-24-22)27-19-10-4-16(3)5-11-19/h4-13,15H,14H2,1-3H3,(H,25,26). The number of aromatic nitrogens is 2. The maximum absolute atomic E-state index is 12.3. The molecule has 0 saturated heterocycles. The molecule has 5 nitrogen and oxygen atoms in total. The van der Waals surface area contributed by atoms with Gasteiger partial charge in [-0.15, -0.1) is 0 Å². The lowest BCUT2D eigenvalue weighted by Crippen LogP contribution is -2.14. The molecule has 1 aromatic heterocycles. The number of carbonyl (C=O) groups is 1. The minimum atomic E-state index is -0.103. The molecule has 1 amide bonds. The molecule has 28 heavy (non-hydrogen) atoms. The van der Waals surface area contributed by atoms with Crippen LogP contribution in [0.2, 0.25) is 0 Å². The van der Waals surface area contributed by atoms with Crippen molar-refractivity contribution in [1.29, 1.82) is 0 Å². The average molecular weight is 394 g/mol. The van der Waals surface area contributed by atoms with E-state index in [0.29, 0.717) is 22.6 Å². The second kappa shape index (κ2) is 9.37. The first-order chi connectivity index (χ1) is 13.5. The van der Waals surface area contributed by atoms with Crippen molar-refractivity contribution in [3.05, 3.63) is 72.1 Å². The van der Waals surface area contributed by atoms with Crippen molar-refractivity contribution in [2.24, 2.45) is 0 Å². The molecule has 0 radical (unpaired) electrons. The number of ether oxygens (including phenoxy) is 1. The Hall–Kier alpha value is -2.86. The monoisotopic (exact) mass is 393 g/mol. The first kappa shape index (κ1) is 19.9. The molecule has 144 valence electrons. The Morgan fingerprint density at radius 3 is 2.39 bits per heavy atom. The van der Waals surface area contributed by atoms with Crippen LogP contribution >= 0.6 is 11.8 Å². The fraction of sp³-hybridized carbons (Fsp3) is 0.227. The van der Waals surface area contributed by atoms with Crippen LogP contribution in [0.1, 0.15) is 30.9 Å². The molecule has 0 bridgehead atoms. The molecule has 0 aliphatic rings. The SMILES string of the molecule is Cc1ccc(Oc2nccnc2SCC(=O)Nc2ccc(C(C)C)cc2)cc1. The first-order valence-corrected chi connectivity index (χ1v) is 10.1. The summed E-state index contributed by atoms with van der Waals surface area (Å²) in [5, 5.41) is 3.48. The number of hydrogen-bond donors (Lipinski definition) is 1. The zero-order valence-corrected chi connectivity index (χ0v) is 17.0. The van der Waals surface area contributed by atoms with Gasteiger partial charge in [0.15, 0.2) is 5.03 Å². The Morgan fingerprint density at radius 1 is 1.04 bits per heavy atom. The van der Waals surface area contributed by atoms with Crippen LogP contribution in [0.4, 0.5) is 5.69 Å². The number of anilines is 1. The van der Waals surface area contributed by atoms with Crippen molar-refractivity contribution < 1.29 is 9.53 Å². The van der Waals surface area contributed by atoms with Gasteiger partial charge in [0, 0.05) is 18.1 Å². The molecular weight excluding hydrogens is 370 g/mol. The number of aryl methyl sites for hydroxylation is 1. The van der Waals surface area contributed by atoms with Crippen LogP contribution in [0.15, 0.2) is 66.0 Å². The van der Waals surface area contributed by atoms with E-state index in [1.165, 1.54) is 17.3 Å². The lowest BCUT2D eigenvalue weighted by Gasteiger charge is -2.10. The minimum Gasteiger partial charge on any atom is -0.437 e. The van der Waals surface area contributed by atoms with Gasteiger partial charge in [0.25, 0.3) is 5.88 Å². The zero-order valence-electron chi connectivity index (χ0n) is 16.2.